The second-order valence-corrected chi connectivity index (χ2v) is 5.61. The van der Waals surface area contributed by atoms with E-state index < -0.39 is 5.82 Å². The quantitative estimate of drug-likeness (QED) is 0.910. The molecule has 1 N–H and O–H groups in total. The number of halogens is 2. The van der Waals surface area contributed by atoms with Gasteiger partial charge in [-0.15, -0.1) is 0 Å². The summed E-state index contributed by atoms with van der Waals surface area (Å²) in [6, 6.07) is 3.40. The minimum Gasteiger partial charge on any atom is -0.444 e. The molecule has 0 unspecified atom stereocenters. The zero-order chi connectivity index (χ0) is 15.0. The summed E-state index contributed by atoms with van der Waals surface area (Å²) in [5.41, 5.74) is 1.24. The van der Waals surface area contributed by atoms with E-state index in [-0.39, 0.29) is 11.9 Å². The van der Waals surface area contributed by atoms with E-state index >= 15 is 0 Å². The van der Waals surface area contributed by atoms with E-state index in [1.165, 1.54) is 12.1 Å². The first-order valence-electron chi connectivity index (χ1n) is 7.16. The van der Waals surface area contributed by atoms with Gasteiger partial charge >= 0.3 is 0 Å². The van der Waals surface area contributed by atoms with Crippen molar-refractivity contribution in [3.63, 3.8) is 0 Å². The second-order valence-electron chi connectivity index (χ2n) is 5.61. The van der Waals surface area contributed by atoms with E-state index in [4.69, 9.17) is 4.42 Å². The lowest BCUT2D eigenvalue weighted by Gasteiger charge is -2.18. The third kappa shape index (κ3) is 3.13. The van der Waals surface area contributed by atoms with Gasteiger partial charge in [0.2, 0.25) is 5.89 Å². The molecule has 1 saturated carbocycles. The van der Waals surface area contributed by atoms with Crippen molar-refractivity contribution in [2.24, 2.45) is 5.92 Å². The van der Waals surface area contributed by atoms with E-state index in [1.54, 1.807) is 0 Å². The molecule has 0 bridgehead atoms. The van der Waals surface area contributed by atoms with Crippen LogP contribution in [0.15, 0.2) is 22.6 Å². The molecule has 5 heteroatoms. The molecule has 3 rings (SSSR count). The highest BCUT2D eigenvalue weighted by Crippen LogP contribution is 2.42. The molecule has 21 heavy (non-hydrogen) atoms. The van der Waals surface area contributed by atoms with Crippen molar-refractivity contribution in [2.45, 2.75) is 39.3 Å². The van der Waals surface area contributed by atoms with Gasteiger partial charge in [0.15, 0.2) is 0 Å². The van der Waals surface area contributed by atoms with Crippen LogP contribution in [0.25, 0.3) is 0 Å². The van der Waals surface area contributed by atoms with Gasteiger partial charge in [-0.25, -0.2) is 13.8 Å². The van der Waals surface area contributed by atoms with Gasteiger partial charge in [-0.1, -0.05) is 0 Å². The fourth-order valence-electron chi connectivity index (χ4n) is 2.53. The molecule has 1 fully saturated rings. The van der Waals surface area contributed by atoms with Crippen LogP contribution in [0.4, 0.5) is 8.78 Å². The number of aryl methyl sites for hydroxylation is 2. The van der Waals surface area contributed by atoms with E-state index in [0.29, 0.717) is 23.9 Å². The molecule has 1 atom stereocenters. The first-order valence-corrected chi connectivity index (χ1v) is 7.16. The van der Waals surface area contributed by atoms with Crippen LogP contribution in [0.1, 0.15) is 41.8 Å². The molecular formula is C16H18F2N2O. The molecule has 0 spiro atoms. The minimum absolute atomic E-state index is 0.201. The summed E-state index contributed by atoms with van der Waals surface area (Å²) in [6.07, 6.45) is 2.05. The summed E-state index contributed by atoms with van der Waals surface area (Å²) in [6.45, 7) is 4.15. The van der Waals surface area contributed by atoms with Gasteiger partial charge in [-0.3, -0.25) is 0 Å². The van der Waals surface area contributed by atoms with Crippen molar-refractivity contribution in [3.05, 3.63) is 52.7 Å². The van der Waals surface area contributed by atoms with Gasteiger partial charge in [0.05, 0.1) is 12.2 Å². The fourth-order valence-corrected chi connectivity index (χ4v) is 2.53. The van der Waals surface area contributed by atoms with Crippen LogP contribution in [0, 0.1) is 31.4 Å². The monoisotopic (exact) mass is 292 g/mol. The van der Waals surface area contributed by atoms with Gasteiger partial charge < -0.3 is 9.73 Å². The highest BCUT2D eigenvalue weighted by Gasteiger charge is 2.34. The molecule has 0 saturated heterocycles. The number of rotatable bonds is 5. The van der Waals surface area contributed by atoms with Crippen LogP contribution in [0.2, 0.25) is 0 Å². The summed E-state index contributed by atoms with van der Waals surface area (Å²) in [7, 11) is 0. The van der Waals surface area contributed by atoms with E-state index in [0.717, 1.165) is 30.4 Å². The molecule has 2 aromatic rings. The van der Waals surface area contributed by atoms with Crippen LogP contribution >= 0.6 is 0 Å². The predicted molar refractivity (Wildman–Crippen MR) is 74.6 cm³/mol. The third-order valence-corrected chi connectivity index (χ3v) is 3.93. The Morgan fingerprint density at radius 2 is 2.10 bits per heavy atom. The predicted octanol–water partition coefficient (Wildman–Crippen LogP) is 3.81. The Balaban J connectivity index is 1.77. The van der Waals surface area contributed by atoms with Gasteiger partial charge in [0, 0.05) is 11.6 Å². The number of oxazole rings is 1. The number of benzene rings is 1. The summed E-state index contributed by atoms with van der Waals surface area (Å²) < 4.78 is 32.9. The number of nitrogens with zero attached hydrogens (tertiary/aromatic N) is 1. The third-order valence-electron chi connectivity index (χ3n) is 3.93. The number of nitrogens with one attached hydrogen (secondary N) is 1. The Morgan fingerprint density at radius 1 is 1.33 bits per heavy atom. The summed E-state index contributed by atoms with van der Waals surface area (Å²) >= 11 is 0. The lowest BCUT2D eigenvalue weighted by atomic mass is 10.0. The summed E-state index contributed by atoms with van der Waals surface area (Å²) in [5.74, 6) is 0.917. The zero-order valence-electron chi connectivity index (χ0n) is 12.1. The van der Waals surface area contributed by atoms with Crippen molar-refractivity contribution in [1.82, 2.24) is 10.3 Å². The topological polar surface area (TPSA) is 38.1 Å². The molecule has 1 aromatic heterocycles. The first kappa shape index (κ1) is 14.2. The first-order chi connectivity index (χ1) is 10.0. The normalized spacial score (nSPS) is 16.2. The van der Waals surface area contributed by atoms with Crippen LogP contribution in [-0.4, -0.2) is 4.98 Å². The highest BCUT2D eigenvalue weighted by atomic mass is 19.1. The van der Waals surface area contributed by atoms with E-state index in [1.807, 2.05) is 13.8 Å². The van der Waals surface area contributed by atoms with Gasteiger partial charge in [0.1, 0.15) is 17.4 Å². The summed E-state index contributed by atoms with van der Waals surface area (Å²) in [4.78, 5) is 4.30. The molecule has 0 radical (unpaired) electrons. The van der Waals surface area contributed by atoms with Crippen LogP contribution in [-0.2, 0) is 6.54 Å². The molecule has 1 aliphatic carbocycles. The maximum atomic E-state index is 14.0. The highest BCUT2D eigenvalue weighted by molar-refractivity contribution is 5.24. The van der Waals surface area contributed by atoms with Crippen LogP contribution in [0.5, 0.6) is 0 Å². The van der Waals surface area contributed by atoms with Crippen molar-refractivity contribution < 1.29 is 13.2 Å². The number of hydrogen-bond donors (Lipinski definition) is 1. The van der Waals surface area contributed by atoms with Gasteiger partial charge in [0.25, 0.3) is 0 Å². The molecule has 1 aliphatic rings. The van der Waals surface area contributed by atoms with Crippen molar-refractivity contribution in [1.29, 1.82) is 0 Å². The Labute approximate surface area is 122 Å². The van der Waals surface area contributed by atoms with Gasteiger partial charge in [-0.2, -0.15) is 0 Å². The Morgan fingerprint density at radius 3 is 2.71 bits per heavy atom. The molecule has 1 aromatic carbocycles. The number of hydrogen-bond acceptors (Lipinski definition) is 3. The summed E-state index contributed by atoms with van der Waals surface area (Å²) in [5, 5.41) is 3.26. The second kappa shape index (κ2) is 5.56. The zero-order valence-corrected chi connectivity index (χ0v) is 12.1. The average molecular weight is 292 g/mol. The van der Waals surface area contributed by atoms with E-state index in [9.17, 15) is 8.78 Å². The molecule has 0 aliphatic heterocycles. The molecule has 1 heterocycles. The van der Waals surface area contributed by atoms with E-state index in [2.05, 4.69) is 10.3 Å². The smallest absolute Gasteiger partial charge is 0.208 e. The Bertz CT molecular complexity index is 630. The minimum atomic E-state index is -0.415. The fraction of sp³-hybridized carbons (Fsp3) is 0.438. The largest absolute Gasteiger partial charge is 0.444 e. The maximum Gasteiger partial charge on any atom is 0.208 e. The average Bonchev–Trinajstić information content (AvgIpc) is 3.22. The molecule has 3 nitrogen and oxygen atoms in total. The maximum absolute atomic E-state index is 14.0. The van der Waals surface area contributed by atoms with Gasteiger partial charge in [-0.05, 0) is 50.8 Å². The Hall–Kier alpha value is -1.75. The van der Waals surface area contributed by atoms with Crippen LogP contribution < -0.4 is 5.32 Å². The number of aromatic nitrogens is 1. The molecular weight excluding hydrogens is 274 g/mol. The Kier molecular flexibility index (Phi) is 3.76. The van der Waals surface area contributed by atoms with Crippen molar-refractivity contribution >= 4 is 0 Å². The van der Waals surface area contributed by atoms with Crippen molar-refractivity contribution in [3.8, 4) is 0 Å². The SMILES string of the molecule is Cc1nc(CN[C@H](c2cc(F)ccc2F)C2CC2)oc1C. The lowest BCUT2D eigenvalue weighted by Crippen LogP contribution is -2.24. The van der Waals surface area contributed by atoms with Crippen molar-refractivity contribution in [2.75, 3.05) is 0 Å². The molecule has 0 amide bonds. The molecule has 112 valence electrons. The van der Waals surface area contributed by atoms with Crippen LogP contribution in [0.3, 0.4) is 0 Å². The lowest BCUT2D eigenvalue weighted by molar-refractivity contribution is 0.397. The standard InChI is InChI=1S/C16H18F2N2O/c1-9-10(2)21-15(20-9)8-19-16(11-3-4-11)13-7-12(17)5-6-14(13)18/h5-7,11,16,19H,3-4,8H2,1-2H3/t16-/m0/s1.